The third-order valence-corrected chi connectivity index (χ3v) is 5.74. The summed E-state index contributed by atoms with van der Waals surface area (Å²) in [5, 5.41) is 3.57. The molecule has 3 aliphatic rings. The highest BCUT2D eigenvalue weighted by molar-refractivity contribution is 9.10. The maximum Gasteiger partial charge on any atom is 0.0383 e. The van der Waals surface area contributed by atoms with E-state index in [0.717, 1.165) is 6.54 Å². The molecule has 0 amide bonds. The Morgan fingerprint density at radius 1 is 1.37 bits per heavy atom. The number of nitrogens with one attached hydrogen (secondary N) is 1. The van der Waals surface area contributed by atoms with Gasteiger partial charge in [-0.15, -0.1) is 0 Å². The summed E-state index contributed by atoms with van der Waals surface area (Å²) in [6, 6.07) is 5.03. The zero-order valence-electron chi connectivity index (χ0n) is 11.4. The van der Waals surface area contributed by atoms with E-state index in [1.807, 2.05) is 0 Å². The third-order valence-electron chi connectivity index (χ3n) is 5.05. The molecule has 1 saturated heterocycles. The molecular formula is C16H19BrN2. The Kier molecular flexibility index (Phi) is 2.58. The molecule has 1 aromatic rings. The first-order valence-corrected chi connectivity index (χ1v) is 7.92. The lowest BCUT2D eigenvalue weighted by Crippen LogP contribution is -2.27. The lowest BCUT2D eigenvalue weighted by molar-refractivity contribution is 0.299. The maximum atomic E-state index is 3.75. The number of hydrogen-bond acceptors (Lipinski definition) is 2. The first-order valence-electron chi connectivity index (χ1n) is 7.13. The van der Waals surface area contributed by atoms with E-state index in [4.69, 9.17) is 0 Å². The molecule has 1 N–H and O–H groups in total. The van der Waals surface area contributed by atoms with Crippen LogP contribution in [0.25, 0.3) is 6.08 Å². The summed E-state index contributed by atoms with van der Waals surface area (Å²) < 4.78 is 1.25. The summed E-state index contributed by atoms with van der Waals surface area (Å²) in [6.45, 7) is 4.66. The minimum absolute atomic E-state index is 0.632. The van der Waals surface area contributed by atoms with Crippen molar-refractivity contribution < 1.29 is 0 Å². The van der Waals surface area contributed by atoms with Crippen LogP contribution in [0.3, 0.4) is 0 Å². The van der Waals surface area contributed by atoms with Gasteiger partial charge in [0.2, 0.25) is 0 Å². The van der Waals surface area contributed by atoms with Gasteiger partial charge < -0.3 is 5.32 Å². The zero-order chi connectivity index (χ0) is 13.1. The second-order valence-corrected chi connectivity index (χ2v) is 7.09. The predicted octanol–water partition coefficient (Wildman–Crippen LogP) is 3.70. The van der Waals surface area contributed by atoms with Gasteiger partial charge in [-0.3, -0.25) is 4.90 Å². The lowest BCUT2D eigenvalue weighted by atomic mass is 9.92. The predicted molar refractivity (Wildman–Crippen MR) is 83.5 cm³/mol. The molecule has 1 aromatic carbocycles. The summed E-state index contributed by atoms with van der Waals surface area (Å²) in [7, 11) is 2.27. The number of nitrogens with zero attached hydrogens (tertiary/aromatic N) is 1. The molecular weight excluding hydrogens is 300 g/mol. The molecule has 2 aliphatic heterocycles. The molecule has 19 heavy (non-hydrogen) atoms. The second-order valence-electron chi connectivity index (χ2n) is 6.24. The summed E-state index contributed by atoms with van der Waals surface area (Å²) in [4.78, 5) is 2.54. The van der Waals surface area contributed by atoms with Gasteiger partial charge in [-0.1, -0.05) is 28.9 Å². The fourth-order valence-electron chi connectivity index (χ4n) is 4.13. The number of hydrogen-bond donors (Lipinski definition) is 1. The molecule has 3 heteroatoms. The van der Waals surface area contributed by atoms with Crippen molar-refractivity contribution in [2.24, 2.45) is 5.92 Å². The molecule has 3 unspecified atom stereocenters. The van der Waals surface area contributed by atoms with Crippen LogP contribution in [-0.4, -0.2) is 31.1 Å². The van der Waals surface area contributed by atoms with Crippen LogP contribution in [-0.2, 0) is 0 Å². The fraction of sp³-hybridized carbons (Fsp3) is 0.500. The van der Waals surface area contributed by atoms with Crippen molar-refractivity contribution in [3.05, 3.63) is 33.3 Å². The van der Waals surface area contributed by atoms with Crippen molar-refractivity contribution in [2.75, 3.05) is 25.5 Å². The van der Waals surface area contributed by atoms with Gasteiger partial charge in [0, 0.05) is 35.2 Å². The monoisotopic (exact) mass is 318 g/mol. The van der Waals surface area contributed by atoms with Crippen molar-refractivity contribution in [1.29, 1.82) is 0 Å². The van der Waals surface area contributed by atoms with Gasteiger partial charge in [-0.25, -0.2) is 0 Å². The Morgan fingerprint density at radius 3 is 3.05 bits per heavy atom. The highest BCUT2D eigenvalue weighted by Crippen LogP contribution is 2.47. The number of fused-ring (bicyclic) bond motifs is 1. The third kappa shape index (κ3) is 1.64. The number of benzene rings is 1. The summed E-state index contributed by atoms with van der Waals surface area (Å²) in [6.07, 6.45) is 3.73. The summed E-state index contributed by atoms with van der Waals surface area (Å²) in [5.41, 5.74) is 5.94. The minimum atomic E-state index is 0.632. The van der Waals surface area contributed by atoms with Crippen LogP contribution in [0, 0.1) is 5.92 Å². The van der Waals surface area contributed by atoms with Gasteiger partial charge in [-0.2, -0.15) is 0 Å². The quantitative estimate of drug-likeness (QED) is 0.784. The van der Waals surface area contributed by atoms with Crippen LogP contribution >= 0.6 is 15.9 Å². The molecule has 0 spiro atoms. The highest BCUT2D eigenvalue weighted by atomic mass is 79.9. The van der Waals surface area contributed by atoms with Crippen molar-refractivity contribution in [2.45, 2.75) is 25.3 Å². The molecule has 100 valence electrons. The average molecular weight is 319 g/mol. The van der Waals surface area contributed by atoms with Crippen LogP contribution < -0.4 is 5.32 Å². The van der Waals surface area contributed by atoms with Gasteiger partial charge in [-0.05, 0) is 48.2 Å². The van der Waals surface area contributed by atoms with Crippen LogP contribution in [0.5, 0.6) is 0 Å². The average Bonchev–Trinajstić information content (AvgIpc) is 2.82. The van der Waals surface area contributed by atoms with E-state index in [-0.39, 0.29) is 0 Å². The molecule has 2 nitrogen and oxygen atoms in total. The Bertz CT molecular complexity index is 578. The van der Waals surface area contributed by atoms with E-state index in [9.17, 15) is 0 Å². The van der Waals surface area contributed by atoms with Gasteiger partial charge in [0.05, 0.1) is 0 Å². The summed E-state index contributed by atoms with van der Waals surface area (Å²) >= 11 is 3.75. The van der Waals surface area contributed by atoms with E-state index >= 15 is 0 Å². The first-order chi connectivity index (χ1) is 9.15. The van der Waals surface area contributed by atoms with Crippen molar-refractivity contribution >= 4 is 27.7 Å². The van der Waals surface area contributed by atoms with E-state index < -0.39 is 0 Å². The van der Waals surface area contributed by atoms with Crippen molar-refractivity contribution in [1.82, 2.24) is 4.90 Å². The lowest BCUT2D eigenvalue weighted by Gasteiger charge is -2.22. The smallest absolute Gasteiger partial charge is 0.0383 e. The molecule has 4 rings (SSSR count). The standard InChI is InChI=1S/C16H19BrN2/c1-9-8-19(2)15-5-10-7-18-14-4-3-13(17)12(16(10)14)6-11(9)15/h3-4,6,9-10,15,18H,5,7-8H2,1-2H3. The fourth-order valence-corrected chi connectivity index (χ4v) is 4.59. The number of rotatable bonds is 0. The highest BCUT2D eigenvalue weighted by Gasteiger charge is 2.39. The maximum absolute atomic E-state index is 3.75. The van der Waals surface area contributed by atoms with E-state index in [1.165, 1.54) is 34.3 Å². The van der Waals surface area contributed by atoms with Gasteiger partial charge >= 0.3 is 0 Å². The first kappa shape index (κ1) is 12.0. The number of likely N-dealkylation sites (N-methyl/N-ethyl adjacent to an activating group) is 1. The Morgan fingerprint density at radius 2 is 2.21 bits per heavy atom. The van der Waals surface area contributed by atoms with Crippen LogP contribution in [0.4, 0.5) is 5.69 Å². The molecule has 1 fully saturated rings. The van der Waals surface area contributed by atoms with Crippen LogP contribution in [0.2, 0.25) is 0 Å². The molecule has 0 saturated carbocycles. The molecule has 2 heterocycles. The van der Waals surface area contributed by atoms with Gasteiger partial charge in [0.25, 0.3) is 0 Å². The van der Waals surface area contributed by atoms with Crippen molar-refractivity contribution in [3.8, 4) is 0 Å². The Labute approximate surface area is 123 Å². The molecule has 0 radical (unpaired) electrons. The largest absolute Gasteiger partial charge is 0.384 e. The van der Waals surface area contributed by atoms with Crippen molar-refractivity contribution in [3.63, 3.8) is 0 Å². The Balaban J connectivity index is 1.93. The Hall–Kier alpha value is -0.800. The van der Waals surface area contributed by atoms with E-state index in [0.29, 0.717) is 17.9 Å². The van der Waals surface area contributed by atoms with E-state index in [1.54, 1.807) is 5.57 Å². The molecule has 0 bridgehead atoms. The number of anilines is 1. The molecule has 0 aromatic heterocycles. The summed E-state index contributed by atoms with van der Waals surface area (Å²) in [5.74, 6) is 1.35. The number of halogens is 1. The topological polar surface area (TPSA) is 15.3 Å². The van der Waals surface area contributed by atoms with Gasteiger partial charge in [0.15, 0.2) is 0 Å². The molecule has 3 atom stereocenters. The number of likely N-dealkylation sites (tertiary alicyclic amines) is 1. The second kappa shape index (κ2) is 4.10. The van der Waals surface area contributed by atoms with Gasteiger partial charge in [0.1, 0.15) is 0 Å². The van der Waals surface area contributed by atoms with Crippen LogP contribution in [0.1, 0.15) is 30.4 Å². The SMILES string of the molecule is CC1CN(C)C2CC3CNc4ccc(Br)c(c43)C=C12. The zero-order valence-corrected chi connectivity index (χ0v) is 13.0. The minimum Gasteiger partial charge on any atom is -0.384 e. The van der Waals surface area contributed by atoms with Crippen LogP contribution in [0.15, 0.2) is 22.2 Å². The normalized spacial score (nSPS) is 32.4. The van der Waals surface area contributed by atoms with E-state index in [2.05, 4.69) is 58.3 Å². The molecule has 1 aliphatic carbocycles.